The zero-order valence-corrected chi connectivity index (χ0v) is 13.5. The van der Waals surface area contributed by atoms with Crippen molar-refractivity contribution in [3.05, 3.63) is 17.8 Å². The lowest BCUT2D eigenvalue weighted by molar-refractivity contribution is 0.397. The highest BCUT2D eigenvalue weighted by Crippen LogP contribution is 2.34. The fourth-order valence-electron chi connectivity index (χ4n) is 2.74. The molecule has 6 heteroatoms. The largest absolute Gasteiger partial charge is 0.497 e. The van der Waals surface area contributed by atoms with Gasteiger partial charge < -0.3 is 9.47 Å². The molecule has 0 N–H and O–H groups in total. The summed E-state index contributed by atoms with van der Waals surface area (Å²) >= 11 is 0. The van der Waals surface area contributed by atoms with Crippen molar-refractivity contribution in [1.82, 2.24) is 20.0 Å². The van der Waals surface area contributed by atoms with Gasteiger partial charge in [0.05, 0.1) is 25.3 Å². The van der Waals surface area contributed by atoms with E-state index in [1.807, 2.05) is 19.2 Å². The molecule has 0 spiro atoms. The fourth-order valence-corrected chi connectivity index (χ4v) is 2.74. The Balaban J connectivity index is 2.42. The van der Waals surface area contributed by atoms with Crippen LogP contribution in [0.3, 0.4) is 0 Å². The standard InChI is InChI=1S/C16H20N4O2/c1-9(2)6-12-14-11-7-10(21-4)8-13(22-5)15(11)17-18-16(14)20(3)19-12/h7-9H,6H2,1-5H3. The number of methoxy groups -OCH3 is 2. The second-order valence-corrected chi connectivity index (χ2v) is 5.79. The van der Waals surface area contributed by atoms with Crippen LogP contribution in [0.25, 0.3) is 21.9 Å². The quantitative estimate of drug-likeness (QED) is 0.741. The summed E-state index contributed by atoms with van der Waals surface area (Å²) < 4.78 is 12.6. The molecule has 0 aliphatic carbocycles. The normalized spacial score (nSPS) is 11.5. The van der Waals surface area contributed by atoms with Crippen molar-refractivity contribution < 1.29 is 9.47 Å². The number of rotatable bonds is 4. The van der Waals surface area contributed by atoms with Crippen molar-refractivity contribution in [2.45, 2.75) is 20.3 Å². The summed E-state index contributed by atoms with van der Waals surface area (Å²) in [5, 5.41) is 15.3. The van der Waals surface area contributed by atoms with E-state index < -0.39 is 0 Å². The van der Waals surface area contributed by atoms with E-state index in [1.165, 1.54) is 0 Å². The molecule has 0 saturated heterocycles. The lowest BCUT2D eigenvalue weighted by Crippen LogP contribution is -1.97. The first-order valence-corrected chi connectivity index (χ1v) is 7.29. The van der Waals surface area contributed by atoms with Gasteiger partial charge in [-0.25, -0.2) is 4.68 Å². The maximum absolute atomic E-state index is 5.44. The summed E-state index contributed by atoms with van der Waals surface area (Å²) in [6, 6.07) is 3.79. The number of ether oxygens (including phenoxy) is 2. The van der Waals surface area contributed by atoms with Gasteiger partial charge in [-0.2, -0.15) is 5.10 Å². The minimum atomic E-state index is 0.508. The van der Waals surface area contributed by atoms with E-state index >= 15 is 0 Å². The number of fused-ring (bicyclic) bond motifs is 3. The van der Waals surface area contributed by atoms with Crippen LogP contribution >= 0.6 is 0 Å². The molecule has 3 rings (SSSR count). The Morgan fingerprint density at radius 1 is 1.14 bits per heavy atom. The molecule has 3 aromatic rings. The summed E-state index contributed by atoms with van der Waals surface area (Å²) in [5.41, 5.74) is 2.54. The Labute approximate surface area is 129 Å². The van der Waals surface area contributed by atoms with Gasteiger partial charge in [0.15, 0.2) is 11.4 Å². The first kappa shape index (κ1) is 14.6. The predicted octanol–water partition coefficient (Wildman–Crippen LogP) is 2.73. The molecule has 0 saturated carbocycles. The number of nitrogens with zero attached hydrogens (tertiary/aromatic N) is 4. The number of aryl methyl sites for hydroxylation is 1. The van der Waals surface area contributed by atoms with Gasteiger partial charge >= 0.3 is 0 Å². The van der Waals surface area contributed by atoms with Gasteiger partial charge in [-0.1, -0.05) is 13.8 Å². The number of aromatic nitrogens is 4. The smallest absolute Gasteiger partial charge is 0.181 e. The molecule has 0 aliphatic rings. The van der Waals surface area contributed by atoms with Crippen LogP contribution in [0.1, 0.15) is 19.5 Å². The second-order valence-electron chi connectivity index (χ2n) is 5.79. The number of benzene rings is 1. The lowest BCUT2D eigenvalue weighted by Gasteiger charge is -2.09. The van der Waals surface area contributed by atoms with Crippen LogP contribution < -0.4 is 9.47 Å². The molecule has 0 aliphatic heterocycles. The Morgan fingerprint density at radius 3 is 2.55 bits per heavy atom. The average molecular weight is 300 g/mol. The molecule has 0 unspecified atom stereocenters. The zero-order valence-electron chi connectivity index (χ0n) is 13.5. The molecule has 0 atom stereocenters. The Morgan fingerprint density at radius 2 is 1.91 bits per heavy atom. The molecular formula is C16H20N4O2. The highest BCUT2D eigenvalue weighted by atomic mass is 16.5. The highest BCUT2D eigenvalue weighted by Gasteiger charge is 2.18. The van der Waals surface area contributed by atoms with Crippen LogP contribution in [-0.4, -0.2) is 34.2 Å². The molecule has 0 bridgehead atoms. The van der Waals surface area contributed by atoms with Crippen molar-refractivity contribution in [2.24, 2.45) is 13.0 Å². The zero-order chi connectivity index (χ0) is 15.9. The molecule has 0 amide bonds. The maximum atomic E-state index is 5.44. The summed E-state index contributed by atoms with van der Waals surface area (Å²) in [4.78, 5) is 0. The fraction of sp³-hybridized carbons (Fsp3) is 0.438. The third-order valence-corrected chi connectivity index (χ3v) is 3.71. The van der Waals surface area contributed by atoms with E-state index in [9.17, 15) is 0 Å². The van der Waals surface area contributed by atoms with Crippen LogP contribution in [-0.2, 0) is 13.5 Å². The van der Waals surface area contributed by atoms with Crippen LogP contribution in [0.4, 0.5) is 0 Å². The molecule has 22 heavy (non-hydrogen) atoms. The SMILES string of the molecule is COc1cc(OC)c2nnc3c(c(CC(C)C)nn3C)c2c1. The molecule has 6 nitrogen and oxygen atoms in total. The monoisotopic (exact) mass is 300 g/mol. The van der Waals surface area contributed by atoms with Gasteiger partial charge in [0.25, 0.3) is 0 Å². The van der Waals surface area contributed by atoms with Gasteiger partial charge in [0.1, 0.15) is 11.3 Å². The van der Waals surface area contributed by atoms with E-state index in [-0.39, 0.29) is 0 Å². The van der Waals surface area contributed by atoms with Gasteiger partial charge in [0, 0.05) is 18.5 Å². The third kappa shape index (κ3) is 2.24. The van der Waals surface area contributed by atoms with Crippen molar-refractivity contribution >= 4 is 21.9 Å². The average Bonchev–Trinajstić information content (AvgIpc) is 2.81. The second kappa shape index (κ2) is 5.44. The van der Waals surface area contributed by atoms with Crippen LogP contribution in [0.2, 0.25) is 0 Å². The third-order valence-electron chi connectivity index (χ3n) is 3.71. The molecular weight excluding hydrogens is 280 g/mol. The molecule has 0 fully saturated rings. The van der Waals surface area contributed by atoms with Gasteiger partial charge in [-0.3, -0.25) is 0 Å². The Bertz CT molecular complexity index is 839. The van der Waals surface area contributed by atoms with Crippen LogP contribution in [0.15, 0.2) is 12.1 Å². The van der Waals surface area contributed by atoms with Crippen molar-refractivity contribution in [1.29, 1.82) is 0 Å². The minimum absolute atomic E-state index is 0.508. The highest BCUT2D eigenvalue weighted by molar-refractivity contribution is 6.06. The van der Waals surface area contributed by atoms with E-state index in [1.54, 1.807) is 18.9 Å². The minimum Gasteiger partial charge on any atom is -0.497 e. The van der Waals surface area contributed by atoms with E-state index in [4.69, 9.17) is 9.47 Å². The van der Waals surface area contributed by atoms with Gasteiger partial charge in [0.2, 0.25) is 0 Å². The first-order valence-electron chi connectivity index (χ1n) is 7.29. The van der Waals surface area contributed by atoms with Crippen LogP contribution in [0, 0.1) is 5.92 Å². The number of hydrogen-bond donors (Lipinski definition) is 0. The molecule has 116 valence electrons. The van der Waals surface area contributed by atoms with Crippen molar-refractivity contribution in [2.75, 3.05) is 14.2 Å². The van der Waals surface area contributed by atoms with E-state index in [0.29, 0.717) is 11.7 Å². The van der Waals surface area contributed by atoms with E-state index in [2.05, 4.69) is 29.1 Å². The number of hydrogen-bond acceptors (Lipinski definition) is 5. The topological polar surface area (TPSA) is 62.1 Å². The first-order chi connectivity index (χ1) is 10.5. The predicted molar refractivity (Wildman–Crippen MR) is 85.5 cm³/mol. The Kier molecular flexibility index (Phi) is 3.60. The molecule has 1 aromatic carbocycles. The van der Waals surface area contributed by atoms with Gasteiger partial charge in [-0.05, 0) is 18.4 Å². The molecule has 2 heterocycles. The summed E-state index contributed by atoms with van der Waals surface area (Å²) in [5.74, 6) is 1.90. The summed E-state index contributed by atoms with van der Waals surface area (Å²) in [7, 11) is 5.16. The van der Waals surface area contributed by atoms with Crippen LogP contribution in [0.5, 0.6) is 11.5 Å². The van der Waals surface area contributed by atoms with Crippen molar-refractivity contribution in [3.8, 4) is 11.5 Å². The lowest BCUT2D eigenvalue weighted by atomic mass is 10.0. The van der Waals surface area contributed by atoms with E-state index in [0.717, 1.165) is 39.8 Å². The van der Waals surface area contributed by atoms with Crippen molar-refractivity contribution in [3.63, 3.8) is 0 Å². The summed E-state index contributed by atoms with van der Waals surface area (Å²) in [6.45, 7) is 4.36. The summed E-state index contributed by atoms with van der Waals surface area (Å²) in [6.07, 6.45) is 0.887. The molecule has 0 radical (unpaired) electrons. The van der Waals surface area contributed by atoms with Gasteiger partial charge in [-0.15, -0.1) is 10.2 Å². The molecule has 2 aromatic heterocycles. The Hall–Kier alpha value is -2.37. The maximum Gasteiger partial charge on any atom is 0.181 e.